The van der Waals surface area contributed by atoms with E-state index in [9.17, 15) is 4.39 Å². The van der Waals surface area contributed by atoms with Crippen LogP contribution in [-0.4, -0.2) is 9.97 Å². The predicted octanol–water partition coefficient (Wildman–Crippen LogP) is 4.62. The van der Waals surface area contributed by atoms with Crippen molar-refractivity contribution >= 4 is 34.7 Å². The van der Waals surface area contributed by atoms with Crippen LogP contribution in [0.25, 0.3) is 0 Å². The molecular weight excluding hydrogens is 300 g/mol. The van der Waals surface area contributed by atoms with Gasteiger partial charge >= 0.3 is 0 Å². The summed E-state index contributed by atoms with van der Waals surface area (Å²) in [5.74, 6) is 1.55. The van der Waals surface area contributed by atoms with Gasteiger partial charge in [-0.3, -0.25) is 0 Å². The van der Waals surface area contributed by atoms with Gasteiger partial charge in [0.1, 0.15) is 22.6 Å². The molecule has 20 heavy (non-hydrogen) atoms. The Hall–Kier alpha value is -1.39. The number of nitrogens with zero attached hydrogens (tertiary/aromatic N) is 2. The van der Waals surface area contributed by atoms with Gasteiger partial charge in [-0.15, -0.1) is 0 Å². The summed E-state index contributed by atoms with van der Waals surface area (Å²) < 4.78 is 13.1. The normalized spacial score (nSPS) is 14.3. The van der Waals surface area contributed by atoms with Gasteiger partial charge < -0.3 is 5.32 Å². The molecule has 1 N–H and O–H groups in total. The van der Waals surface area contributed by atoms with Crippen LogP contribution >= 0.6 is 23.2 Å². The number of aromatic nitrogens is 2. The van der Waals surface area contributed by atoms with E-state index in [-0.39, 0.29) is 5.02 Å². The lowest BCUT2D eigenvalue weighted by molar-refractivity contribution is 0.628. The number of halogens is 3. The van der Waals surface area contributed by atoms with Crippen LogP contribution in [-0.2, 0) is 6.42 Å². The van der Waals surface area contributed by atoms with E-state index in [1.165, 1.54) is 25.0 Å². The molecule has 1 heterocycles. The molecule has 0 radical (unpaired) electrons. The SMILES string of the molecule is Fc1ccc(Nc2cc(Cl)nc(CC3CC3)n2)cc1Cl. The van der Waals surface area contributed by atoms with E-state index in [1.807, 2.05) is 0 Å². The molecule has 1 aromatic carbocycles. The maximum Gasteiger partial charge on any atom is 0.141 e. The maximum atomic E-state index is 13.1. The molecule has 1 aromatic heterocycles. The van der Waals surface area contributed by atoms with Crippen LogP contribution < -0.4 is 5.32 Å². The molecule has 0 unspecified atom stereocenters. The summed E-state index contributed by atoms with van der Waals surface area (Å²) >= 11 is 11.7. The van der Waals surface area contributed by atoms with Crippen molar-refractivity contribution in [1.82, 2.24) is 9.97 Å². The van der Waals surface area contributed by atoms with Crippen molar-refractivity contribution in [1.29, 1.82) is 0 Å². The molecule has 1 aliphatic carbocycles. The Morgan fingerprint density at radius 2 is 2.00 bits per heavy atom. The minimum atomic E-state index is -0.452. The Morgan fingerprint density at radius 1 is 1.20 bits per heavy atom. The summed E-state index contributed by atoms with van der Waals surface area (Å²) in [7, 11) is 0. The van der Waals surface area contributed by atoms with Crippen LogP contribution in [0.3, 0.4) is 0 Å². The zero-order valence-electron chi connectivity index (χ0n) is 10.5. The number of benzene rings is 1. The highest BCUT2D eigenvalue weighted by molar-refractivity contribution is 6.31. The van der Waals surface area contributed by atoms with Crippen molar-refractivity contribution in [2.45, 2.75) is 19.3 Å². The summed E-state index contributed by atoms with van der Waals surface area (Å²) in [6.45, 7) is 0. The van der Waals surface area contributed by atoms with Gasteiger partial charge in [0.05, 0.1) is 5.02 Å². The fourth-order valence-corrected chi connectivity index (χ4v) is 2.30. The van der Waals surface area contributed by atoms with Gasteiger partial charge in [0, 0.05) is 18.2 Å². The van der Waals surface area contributed by atoms with Crippen molar-refractivity contribution < 1.29 is 4.39 Å². The third-order valence-corrected chi connectivity index (χ3v) is 3.58. The van der Waals surface area contributed by atoms with Crippen molar-refractivity contribution in [2.24, 2.45) is 5.92 Å². The summed E-state index contributed by atoms with van der Waals surface area (Å²) in [4.78, 5) is 8.63. The lowest BCUT2D eigenvalue weighted by atomic mass is 10.3. The minimum Gasteiger partial charge on any atom is -0.340 e. The first-order chi connectivity index (χ1) is 9.60. The van der Waals surface area contributed by atoms with Gasteiger partial charge in [0.2, 0.25) is 0 Å². The molecule has 0 bridgehead atoms. The highest BCUT2D eigenvalue weighted by atomic mass is 35.5. The monoisotopic (exact) mass is 311 g/mol. The molecule has 104 valence electrons. The van der Waals surface area contributed by atoms with Crippen molar-refractivity contribution in [2.75, 3.05) is 5.32 Å². The number of rotatable bonds is 4. The molecule has 1 saturated carbocycles. The summed E-state index contributed by atoms with van der Waals surface area (Å²) in [5.41, 5.74) is 0.656. The molecule has 1 aliphatic rings. The smallest absolute Gasteiger partial charge is 0.141 e. The molecule has 0 spiro atoms. The average Bonchev–Trinajstić information content (AvgIpc) is 3.17. The van der Waals surface area contributed by atoms with Crippen LogP contribution in [0, 0.1) is 11.7 Å². The first kappa shape index (κ1) is 13.6. The molecule has 2 aromatic rings. The van der Waals surface area contributed by atoms with E-state index in [1.54, 1.807) is 12.1 Å². The standard InChI is InChI=1S/C14H12Cl2FN3/c15-10-6-9(3-4-11(10)17)18-14-7-12(16)19-13(20-14)5-8-1-2-8/h3-4,6-8H,1-2,5H2,(H,18,19,20). The first-order valence-electron chi connectivity index (χ1n) is 6.36. The molecule has 6 heteroatoms. The highest BCUT2D eigenvalue weighted by Crippen LogP contribution is 2.32. The van der Waals surface area contributed by atoms with Gasteiger partial charge in [-0.25, -0.2) is 14.4 Å². The van der Waals surface area contributed by atoms with Crippen LogP contribution in [0.4, 0.5) is 15.9 Å². The van der Waals surface area contributed by atoms with Gasteiger partial charge in [-0.2, -0.15) is 0 Å². The second-order valence-electron chi connectivity index (χ2n) is 4.89. The van der Waals surface area contributed by atoms with Crippen LogP contribution in [0.15, 0.2) is 24.3 Å². The quantitative estimate of drug-likeness (QED) is 0.837. The molecule has 0 amide bonds. The molecule has 0 atom stereocenters. The zero-order chi connectivity index (χ0) is 14.1. The molecular formula is C14H12Cl2FN3. The van der Waals surface area contributed by atoms with E-state index < -0.39 is 5.82 Å². The molecule has 0 saturated heterocycles. The van der Waals surface area contributed by atoms with Crippen LogP contribution in [0.5, 0.6) is 0 Å². The second kappa shape index (κ2) is 5.54. The molecule has 0 aliphatic heterocycles. The fourth-order valence-electron chi connectivity index (χ4n) is 1.92. The van der Waals surface area contributed by atoms with Crippen LogP contribution in [0.1, 0.15) is 18.7 Å². The van der Waals surface area contributed by atoms with E-state index in [4.69, 9.17) is 23.2 Å². The Morgan fingerprint density at radius 3 is 2.70 bits per heavy atom. The average molecular weight is 312 g/mol. The van der Waals surface area contributed by atoms with Crippen molar-refractivity contribution in [3.8, 4) is 0 Å². The van der Waals surface area contributed by atoms with E-state index in [0.717, 1.165) is 12.2 Å². The zero-order valence-corrected chi connectivity index (χ0v) is 12.0. The summed E-state index contributed by atoms with van der Waals surface area (Å²) in [5, 5.41) is 3.52. The second-order valence-corrected chi connectivity index (χ2v) is 5.69. The largest absolute Gasteiger partial charge is 0.340 e. The van der Waals surface area contributed by atoms with E-state index in [0.29, 0.717) is 22.6 Å². The Labute approximate surface area is 126 Å². The van der Waals surface area contributed by atoms with Crippen molar-refractivity contribution in [3.63, 3.8) is 0 Å². The number of hydrogen-bond donors (Lipinski definition) is 1. The number of nitrogens with one attached hydrogen (secondary N) is 1. The predicted molar refractivity (Wildman–Crippen MR) is 78.2 cm³/mol. The van der Waals surface area contributed by atoms with Gasteiger partial charge in [0.15, 0.2) is 0 Å². The Bertz CT molecular complexity index is 644. The lowest BCUT2D eigenvalue weighted by Gasteiger charge is -2.08. The molecule has 3 rings (SSSR count). The summed E-state index contributed by atoms with van der Waals surface area (Å²) in [6, 6.07) is 6.04. The lowest BCUT2D eigenvalue weighted by Crippen LogP contribution is -2.01. The maximum absolute atomic E-state index is 13.1. The third kappa shape index (κ3) is 3.38. The van der Waals surface area contributed by atoms with Gasteiger partial charge in [-0.05, 0) is 37.0 Å². The van der Waals surface area contributed by atoms with Crippen molar-refractivity contribution in [3.05, 3.63) is 46.1 Å². The summed E-state index contributed by atoms with van der Waals surface area (Å²) in [6.07, 6.45) is 3.30. The Balaban J connectivity index is 1.81. The van der Waals surface area contributed by atoms with Gasteiger partial charge in [0.25, 0.3) is 0 Å². The Kier molecular flexibility index (Phi) is 3.76. The third-order valence-electron chi connectivity index (χ3n) is 3.10. The first-order valence-corrected chi connectivity index (χ1v) is 7.11. The highest BCUT2D eigenvalue weighted by Gasteiger charge is 2.23. The van der Waals surface area contributed by atoms with Crippen LogP contribution in [0.2, 0.25) is 10.2 Å². The molecule has 1 fully saturated rings. The number of anilines is 2. The van der Waals surface area contributed by atoms with Gasteiger partial charge in [-0.1, -0.05) is 23.2 Å². The fraction of sp³-hybridized carbons (Fsp3) is 0.286. The number of hydrogen-bond acceptors (Lipinski definition) is 3. The van der Waals surface area contributed by atoms with E-state index >= 15 is 0 Å². The minimum absolute atomic E-state index is 0.0633. The topological polar surface area (TPSA) is 37.8 Å². The molecule has 3 nitrogen and oxygen atoms in total. The van der Waals surface area contributed by atoms with E-state index in [2.05, 4.69) is 15.3 Å².